The van der Waals surface area contributed by atoms with Crippen LogP contribution in [-0.4, -0.2) is 36.2 Å². The minimum Gasteiger partial charge on any atom is -0.493 e. The predicted octanol–water partition coefficient (Wildman–Crippen LogP) is 4.61. The molecule has 0 atom stereocenters. The maximum Gasteiger partial charge on any atom is 0.246 e. The van der Waals surface area contributed by atoms with E-state index in [1.807, 2.05) is 13.8 Å². The van der Waals surface area contributed by atoms with E-state index in [0.29, 0.717) is 35.0 Å². The number of fused-ring (bicyclic) bond motifs is 1. The van der Waals surface area contributed by atoms with Gasteiger partial charge in [-0.05, 0) is 70.3 Å². The highest BCUT2D eigenvalue weighted by atomic mass is 16.5. The fourth-order valence-electron chi connectivity index (χ4n) is 5.21. The second-order valence-corrected chi connectivity index (χ2v) is 10.0. The van der Waals surface area contributed by atoms with Crippen molar-refractivity contribution in [2.24, 2.45) is 18.0 Å². The highest BCUT2D eigenvalue weighted by molar-refractivity contribution is 6.09. The summed E-state index contributed by atoms with van der Waals surface area (Å²) in [6.07, 6.45) is 5.61. The number of nitrogens with two attached hydrogens (primary N) is 1. The van der Waals surface area contributed by atoms with Gasteiger partial charge in [-0.3, -0.25) is 0 Å². The Bertz CT molecular complexity index is 1220. The molecule has 8 nitrogen and oxygen atoms in total. The lowest BCUT2D eigenvalue weighted by Crippen LogP contribution is -2.41. The molecule has 0 saturated heterocycles. The lowest BCUT2D eigenvalue weighted by molar-refractivity contribution is 0.171. The van der Waals surface area contributed by atoms with Gasteiger partial charge < -0.3 is 15.6 Å². The molecule has 0 bridgehead atoms. The van der Waals surface area contributed by atoms with Gasteiger partial charge in [-0.2, -0.15) is 10.1 Å². The van der Waals surface area contributed by atoms with Gasteiger partial charge in [-0.25, -0.2) is 14.7 Å². The zero-order valence-corrected chi connectivity index (χ0v) is 20.2. The van der Waals surface area contributed by atoms with Crippen LogP contribution in [0, 0.1) is 12.8 Å². The fraction of sp³-hybridized carbons (Fsp3) is 0.462. The molecule has 2 aliphatic rings. The van der Waals surface area contributed by atoms with Crippen LogP contribution >= 0.6 is 0 Å². The van der Waals surface area contributed by atoms with E-state index in [1.54, 1.807) is 20.0 Å². The molecule has 3 N–H and O–H groups in total. The van der Waals surface area contributed by atoms with Gasteiger partial charge in [-0.1, -0.05) is 24.3 Å². The van der Waals surface area contributed by atoms with Crippen LogP contribution in [0.5, 0.6) is 11.8 Å². The van der Waals surface area contributed by atoms with Crippen LogP contribution in [0.3, 0.4) is 0 Å². The minimum absolute atomic E-state index is 0.230. The summed E-state index contributed by atoms with van der Waals surface area (Å²) >= 11 is 0. The third-order valence-corrected chi connectivity index (χ3v) is 7.04. The van der Waals surface area contributed by atoms with Crippen LogP contribution in [-0.2, 0) is 13.5 Å². The Hall–Kier alpha value is -3.42. The van der Waals surface area contributed by atoms with Crippen molar-refractivity contribution in [3.8, 4) is 11.8 Å². The van der Waals surface area contributed by atoms with E-state index >= 15 is 0 Å². The second-order valence-electron chi connectivity index (χ2n) is 10.0. The van der Waals surface area contributed by atoms with Gasteiger partial charge in [0.05, 0.1) is 11.4 Å². The van der Waals surface area contributed by atoms with Crippen molar-refractivity contribution < 1.29 is 9.84 Å². The van der Waals surface area contributed by atoms with Gasteiger partial charge in [0.25, 0.3) is 0 Å². The number of aromatic nitrogens is 4. The van der Waals surface area contributed by atoms with E-state index in [-0.39, 0.29) is 5.88 Å². The smallest absolute Gasteiger partial charge is 0.246 e. The topological polar surface area (TPSA) is 111 Å². The molecule has 2 aromatic heterocycles. The Morgan fingerprint density at radius 1 is 1.12 bits per heavy atom. The summed E-state index contributed by atoms with van der Waals surface area (Å²) in [7, 11) is 1.77. The van der Waals surface area contributed by atoms with Crippen molar-refractivity contribution in [1.29, 1.82) is 0 Å². The number of rotatable bonds is 4. The maximum atomic E-state index is 9.75. The summed E-state index contributed by atoms with van der Waals surface area (Å²) < 4.78 is 7.71. The molecule has 3 heterocycles. The number of aromatic hydroxyl groups is 1. The number of nitrogens with zero attached hydrogens (tertiary/aromatic N) is 5. The number of ether oxygens (including phenoxy) is 1. The number of aliphatic imine (C=N–C) groups is 1. The summed E-state index contributed by atoms with van der Waals surface area (Å²) in [6, 6.07) is 10.5. The molecular weight excluding hydrogens is 428 g/mol. The highest BCUT2D eigenvalue weighted by Crippen LogP contribution is 2.40. The fourth-order valence-corrected chi connectivity index (χ4v) is 5.21. The first-order valence-corrected chi connectivity index (χ1v) is 11.9. The summed E-state index contributed by atoms with van der Waals surface area (Å²) in [4.78, 5) is 13.4. The Balaban J connectivity index is 1.29. The number of benzene rings is 1. The van der Waals surface area contributed by atoms with E-state index in [0.717, 1.165) is 23.4 Å². The predicted molar refractivity (Wildman–Crippen MR) is 132 cm³/mol. The molecule has 34 heavy (non-hydrogen) atoms. The van der Waals surface area contributed by atoms with Crippen molar-refractivity contribution in [2.75, 3.05) is 5.73 Å². The molecule has 5 rings (SSSR count). The van der Waals surface area contributed by atoms with Crippen LogP contribution in [0.4, 0.5) is 11.5 Å². The molecule has 0 unspecified atom stereocenters. The van der Waals surface area contributed by atoms with Crippen LogP contribution in [0.2, 0.25) is 0 Å². The van der Waals surface area contributed by atoms with Crippen LogP contribution < -0.4 is 10.5 Å². The van der Waals surface area contributed by atoms with Gasteiger partial charge in [-0.15, -0.1) is 0 Å². The first kappa shape index (κ1) is 22.4. The summed E-state index contributed by atoms with van der Waals surface area (Å²) in [6.45, 7) is 5.79. The molecule has 0 amide bonds. The van der Waals surface area contributed by atoms with Gasteiger partial charge in [0.1, 0.15) is 11.4 Å². The average Bonchev–Trinajstić information content (AvgIpc) is 3.10. The maximum absolute atomic E-state index is 9.75. The van der Waals surface area contributed by atoms with Crippen molar-refractivity contribution in [2.45, 2.75) is 64.4 Å². The third-order valence-electron chi connectivity index (χ3n) is 7.04. The Kier molecular flexibility index (Phi) is 5.54. The normalized spacial score (nSPS) is 21.5. The molecule has 8 heteroatoms. The quantitative estimate of drug-likeness (QED) is 0.588. The SMILES string of the molecule is Cc1nc(N)c2c(n1)OC(C)(C)C(c1ccc([C@H]3CC[C@H](Cc4cc(O)n(C)n4)CC3)cc1)=N2. The second kappa shape index (κ2) is 8.42. The van der Waals surface area contributed by atoms with Gasteiger partial charge >= 0.3 is 0 Å². The van der Waals surface area contributed by atoms with Crippen LogP contribution in [0.15, 0.2) is 35.3 Å². The first-order chi connectivity index (χ1) is 16.2. The molecule has 0 radical (unpaired) electrons. The van der Waals surface area contributed by atoms with E-state index in [2.05, 4.69) is 39.3 Å². The van der Waals surface area contributed by atoms with E-state index in [4.69, 9.17) is 15.5 Å². The number of hydrogen-bond acceptors (Lipinski definition) is 7. The lowest BCUT2D eigenvalue weighted by atomic mass is 9.77. The molecule has 3 aromatic rings. The molecule has 1 saturated carbocycles. The zero-order chi connectivity index (χ0) is 24.0. The minimum atomic E-state index is -0.625. The summed E-state index contributed by atoms with van der Waals surface area (Å²) in [5.41, 5.74) is 10.2. The standard InChI is InChI=1S/C26H32N6O2/c1-15-28-24(27)22-25(29-15)34-26(2,3)23(30-22)19-11-9-18(10-12-19)17-7-5-16(6-8-17)13-20-14-21(33)32(4)31-20/h9-12,14,16-17,33H,5-8,13H2,1-4H3,(H2,27,28,29)/t16-,17-. The molecule has 0 spiro atoms. The van der Waals surface area contributed by atoms with Crippen LogP contribution in [0.1, 0.15) is 68.1 Å². The average molecular weight is 461 g/mol. The highest BCUT2D eigenvalue weighted by Gasteiger charge is 2.35. The Morgan fingerprint density at radius 2 is 1.82 bits per heavy atom. The number of anilines is 1. The largest absolute Gasteiger partial charge is 0.493 e. The van der Waals surface area contributed by atoms with Crippen molar-refractivity contribution in [1.82, 2.24) is 19.7 Å². The van der Waals surface area contributed by atoms with Crippen molar-refractivity contribution >= 4 is 17.2 Å². The Labute approximate surface area is 199 Å². The van der Waals surface area contributed by atoms with Crippen molar-refractivity contribution in [3.05, 3.63) is 53.0 Å². The first-order valence-electron chi connectivity index (χ1n) is 11.9. The van der Waals surface area contributed by atoms with E-state index in [9.17, 15) is 5.11 Å². The number of nitrogen functional groups attached to an aromatic ring is 1. The van der Waals surface area contributed by atoms with Crippen LogP contribution in [0.25, 0.3) is 0 Å². The molecule has 1 aromatic carbocycles. The summed E-state index contributed by atoms with van der Waals surface area (Å²) in [5.74, 6) is 2.76. The van der Waals surface area contributed by atoms with E-state index in [1.165, 1.54) is 35.9 Å². The number of aryl methyl sites for hydroxylation is 2. The monoisotopic (exact) mass is 460 g/mol. The summed E-state index contributed by atoms with van der Waals surface area (Å²) in [5, 5.41) is 14.2. The molecule has 178 valence electrons. The molecular formula is C26H32N6O2. The van der Waals surface area contributed by atoms with Crippen molar-refractivity contribution in [3.63, 3.8) is 0 Å². The van der Waals surface area contributed by atoms with Gasteiger partial charge in [0.15, 0.2) is 11.5 Å². The molecule has 1 aliphatic carbocycles. The zero-order valence-electron chi connectivity index (χ0n) is 20.2. The third kappa shape index (κ3) is 4.24. The molecule has 1 fully saturated rings. The lowest BCUT2D eigenvalue weighted by Gasteiger charge is -2.32. The van der Waals surface area contributed by atoms with Gasteiger partial charge in [0.2, 0.25) is 11.8 Å². The molecule has 1 aliphatic heterocycles. The number of hydrogen-bond donors (Lipinski definition) is 2. The van der Waals surface area contributed by atoms with E-state index < -0.39 is 5.60 Å². The van der Waals surface area contributed by atoms with Gasteiger partial charge in [0, 0.05) is 18.7 Å². The Morgan fingerprint density at radius 3 is 2.47 bits per heavy atom.